The number of benzene rings is 9. The molecule has 0 atom stereocenters. The van der Waals surface area contributed by atoms with E-state index in [4.69, 9.17) is 29.9 Å². The third kappa shape index (κ3) is 13.0. The number of thiophene rings is 3. The molecule has 0 bridgehead atoms. The number of rotatable bonds is 12. The Morgan fingerprint density at radius 1 is 0.192 bits per heavy atom. The Hall–Kier alpha value is -15.6. The molecule has 0 amide bonds. The van der Waals surface area contributed by atoms with Crippen molar-refractivity contribution in [1.82, 2.24) is 73.5 Å². The summed E-state index contributed by atoms with van der Waals surface area (Å²) in [5.74, 6) is 2.48. The van der Waals surface area contributed by atoms with Crippen molar-refractivity contribution in [3.05, 3.63) is 382 Å². The van der Waals surface area contributed by atoms with Gasteiger partial charge in [0.05, 0.1) is 55.9 Å². The second kappa shape index (κ2) is 30.5. The predicted octanol–water partition coefficient (Wildman–Crippen LogP) is 25.7. The van der Waals surface area contributed by atoms with E-state index in [0.29, 0.717) is 23.3 Å². The van der Waals surface area contributed by atoms with E-state index < -0.39 is 0 Å². The van der Waals surface area contributed by atoms with Crippen LogP contribution in [0.4, 0.5) is 0 Å². The van der Waals surface area contributed by atoms with Gasteiger partial charge >= 0.3 is 0 Å². The summed E-state index contributed by atoms with van der Waals surface area (Å²) in [5, 5.41) is 18.1. The average Bonchev–Trinajstić information content (AvgIpc) is 1.58. The fourth-order valence-electron chi connectivity index (χ4n) is 16.3. The van der Waals surface area contributed by atoms with E-state index in [2.05, 4.69) is 272 Å². The smallest absolute Gasteiger partial charge is 0.164 e. The van der Waals surface area contributed by atoms with Gasteiger partial charge in [0.1, 0.15) is 0 Å². The van der Waals surface area contributed by atoms with Crippen LogP contribution in [-0.4, -0.2) is 73.5 Å². The SMILES string of the molecule is c1cc(-c2nc(-c3ccncc3)nc(-c3ccncc3)n2)cc(-n2c3ccccc3c3c4sccc4ccc32)c1.c1ccc2c(c1)c1c3sccc3ccc1n2-c1ccc(-c2cc(-c3ccncc3)cc(-c3ccncc3)n2)cc1.c1ccc2c(c1)c1c3sccc3ccc1n2-c1ccc(-c2nc(-c3ccncc3)cc(-c3ccncc3)n2)cc1. The standard InChI is InChI=1S/C35H22N4S.C34H21N5S.C33H20N6S/c1-2-4-32-29(3-1)34-33(10-7-26-15-20-40-35(26)34)39(32)28-8-5-24(6-9-28)30-21-27(23-11-16-36-17-12-23)22-31(38-30)25-13-18-37-19-14-25;1-2-4-30-27(3-1)32-31(10-7-24-15-20-40-33(24)32)39(30)26-8-5-25(6-9-26)34-37-28(22-11-16-35-17-12-22)21-29(38-34)23-13-18-36-19-14-23;1-2-7-27-26(6-1)29-28(9-8-21-14-19-40-30(21)29)39(27)25-5-3-4-24(20-25)33-37-31(22-10-15-34-16-11-22)36-32(38-33)23-12-17-35-18-13-23/h1-22H;1-21H;1-20H. The van der Waals surface area contributed by atoms with Crippen LogP contribution >= 0.6 is 34.0 Å². The van der Waals surface area contributed by atoms with Gasteiger partial charge in [0, 0.05) is 182 Å². The Kier molecular flexibility index (Phi) is 18.1. The van der Waals surface area contributed by atoms with Crippen LogP contribution in [0.3, 0.4) is 0 Å². The monoisotopic (exact) mass is 1590 g/mol. The summed E-state index contributed by atoms with van der Waals surface area (Å²) in [6.07, 6.45) is 21.4. The molecule has 18 heteroatoms. The van der Waals surface area contributed by atoms with Gasteiger partial charge in [-0.3, -0.25) is 29.9 Å². The highest BCUT2D eigenvalue weighted by Gasteiger charge is 2.22. The number of nitrogens with zero attached hydrogens (tertiary/aromatic N) is 15. The third-order valence-corrected chi connectivity index (χ3v) is 24.8. The molecule has 15 heterocycles. The Bertz CT molecular complexity index is 7470. The van der Waals surface area contributed by atoms with Gasteiger partial charge in [-0.15, -0.1) is 34.0 Å². The van der Waals surface area contributed by atoms with Crippen molar-refractivity contribution in [2.45, 2.75) is 0 Å². The molecule has 0 unspecified atom stereocenters. The van der Waals surface area contributed by atoms with E-state index >= 15 is 0 Å². The van der Waals surface area contributed by atoms with Crippen molar-refractivity contribution in [2.24, 2.45) is 0 Å². The van der Waals surface area contributed by atoms with Crippen LogP contribution in [0, 0.1) is 0 Å². The van der Waals surface area contributed by atoms with Crippen molar-refractivity contribution in [2.75, 3.05) is 0 Å². The van der Waals surface area contributed by atoms with Gasteiger partial charge in [0.15, 0.2) is 23.3 Å². The zero-order chi connectivity index (χ0) is 79.4. The first-order valence-corrected chi connectivity index (χ1v) is 41.7. The molecular formula is C102H63N15S3. The molecule has 0 spiro atoms. The summed E-state index contributed by atoms with van der Waals surface area (Å²) >= 11 is 5.40. The van der Waals surface area contributed by atoms with Gasteiger partial charge in [-0.05, 0) is 238 Å². The van der Waals surface area contributed by atoms with Gasteiger partial charge in [0.25, 0.3) is 0 Å². The van der Waals surface area contributed by atoms with Gasteiger partial charge in [-0.2, -0.15) is 0 Å². The zero-order valence-electron chi connectivity index (χ0n) is 63.8. The van der Waals surface area contributed by atoms with Crippen molar-refractivity contribution in [3.8, 4) is 119 Å². The number of fused-ring (bicyclic) bond motifs is 15. The van der Waals surface area contributed by atoms with E-state index in [-0.39, 0.29) is 0 Å². The normalized spacial score (nSPS) is 11.5. The Labute approximate surface area is 698 Å². The van der Waals surface area contributed by atoms with Crippen molar-refractivity contribution in [1.29, 1.82) is 0 Å². The highest BCUT2D eigenvalue weighted by molar-refractivity contribution is 7.19. The van der Waals surface area contributed by atoms with Crippen molar-refractivity contribution in [3.63, 3.8) is 0 Å². The molecule has 0 saturated carbocycles. The maximum absolute atomic E-state index is 5.07. The third-order valence-electron chi connectivity index (χ3n) is 21.9. The van der Waals surface area contributed by atoms with E-state index in [1.165, 1.54) is 95.7 Å². The number of para-hydroxylation sites is 3. The minimum Gasteiger partial charge on any atom is -0.309 e. The predicted molar refractivity (Wildman–Crippen MR) is 491 cm³/mol. The fourth-order valence-corrected chi connectivity index (χ4v) is 19.2. The fraction of sp³-hybridized carbons (Fsp3) is 0. The summed E-state index contributed by atoms with van der Waals surface area (Å²) in [5.41, 5.74) is 24.0. The van der Waals surface area contributed by atoms with E-state index in [1.54, 1.807) is 84.6 Å². The van der Waals surface area contributed by atoms with E-state index in [1.807, 2.05) is 103 Å². The molecule has 0 saturated heterocycles. The molecular weight excluding hydrogens is 1530 g/mol. The Morgan fingerprint density at radius 3 is 0.908 bits per heavy atom. The second-order valence-electron chi connectivity index (χ2n) is 28.9. The van der Waals surface area contributed by atoms with Crippen LogP contribution in [-0.2, 0) is 0 Å². The topological polar surface area (TPSA) is 169 Å². The summed E-state index contributed by atoms with van der Waals surface area (Å²) in [7, 11) is 0. The summed E-state index contributed by atoms with van der Waals surface area (Å²) in [6, 6.07) is 102. The molecule has 15 nitrogen and oxygen atoms in total. The molecule has 0 radical (unpaired) electrons. The van der Waals surface area contributed by atoms with Crippen molar-refractivity contribution >= 4 is 130 Å². The lowest BCUT2D eigenvalue weighted by atomic mass is 10.0. The highest BCUT2D eigenvalue weighted by Crippen LogP contribution is 2.44. The largest absolute Gasteiger partial charge is 0.309 e. The quantitative estimate of drug-likeness (QED) is 0.114. The first kappa shape index (κ1) is 71.0. The van der Waals surface area contributed by atoms with Crippen LogP contribution in [0.25, 0.3) is 214 Å². The van der Waals surface area contributed by atoms with Gasteiger partial charge in [-0.1, -0.05) is 97.1 Å². The lowest BCUT2D eigenvalue weighted by Crippen LogP contribution is -2.01. The van der Waals surface area contributed by atoms with Crippen LogP contribution in [0.2, 0.25) is 0 Å². The van der Waals surface area contributed by atoms with Gasteiger partial charge < -0.3 is 13.7 Å². The number of hydrogen-bond donors (Lipinski definition) is 0. The molecule has 24 rings (SSSR count). The molecule has 24 aromatic rings. The molecule has 0 fully saturated rings. The molecule has 9 aromatic carbocycles. The van der Waals surface area contributed by atoms with Crippen LogP contribution in [0.5, 0.6) is 0 Å². The molecule has 564 valence electrons. The first-order chi connectivity index (χ1) is 59.5. The molecule has 0 aliphatic rings. The lowest BCUT2D eigenvalue weighted by Gasteiger charge is -2.12. The summed E-state index contributed by atoms with van der Waals surface area (Å²) < 4.78 is 11.0. The average molecular weight is 1590 g/mol. The Morgan fingerprint density at radius 2 is 0.508 bits per heavy atom. The van der Waals surface area contributed by atoms with Crippen LogP contribution in [0.15, 0.2) is 382 Å². The minimum atomic E-state index is 0.599. The molecule has 0 aliphatic heterocycles. The summed E-state index contributed by atoms with van der Waals surface area (Å²) in [4.78, 5) is 54.6. The van der Waals surface area contributed by atoms with E-state index in [0.717, 1.165) is 95.5 Å². The molecule has 120 heavy (non-hydrogen) atoms. The second-order valence-corrected chi connectivity index (χ2v) is 31.7. The molecule has 0 N–H and O–H groups in total. The molecule has 15 aromatic heterocycles. The number of aromatic nitrogens is 15. The van der Waals surface area contributed by atoms with Crippen LogP contribution < -0.4 is 0 Å². The zero-order valence-corrected chi connectivity index (χ0v) is 66.3. The maximum atomic E-state index is 5.07. The van der Waals surface area contributed by atoms with Crippen molar-refractivity contribution < 1.29 is 0 Å². The summed E-state index contributed by atoms with van der Waals surface area (Å²) in [6.45, 7) is 0. The van der Waals surface area contributed by atoms with Gasteiger partial charge in [0.2, 0.25) is 0 Å². The van der Waals surface area contributed by atoms with Crippen LogP contribution in [0.1, 0.15) is 0 Å². The number of hydrogen-bond acceptors (Lipinski definition) is 15. The minimum absolute atomic E-state index is 0.599. The highest BCUT2D eigenvalue weighted by atomic mass is 32.1. The van der Waals surface area contributed by atoms with E-state index in [9.17, 15) is 0 Å². The van der Waals surface area contributed by atoms with Gasteiger partial charge in [-0.25, -0.2) is 29.9 Å². The molecule has 0 aliphatic carbocycles. The Balaban J connectivity index is 0.000000108. The first-order valence-electron chi connectivity index (χ1n) is 39.1. The lowest BCUT2D eigenvalue weighted by molar-refractivity contribution is 1.07. The number of pyridine rings is 7. The maximum Gasteiger partial charge on any atom is 0.164 e.